The van der Waals surface area contributed by atoms with Crippen molar-refractivity contribution in [2.45, 2.75) is 45.7 Å². The fourth-order valence-electron chi connectivity index (χ4n) is 2.25. The molecule has 1 atom stereocenters. The summed E-state index contributed by atoms with van der Waals surface area (Å²) in [5, 5.41) is 4.24. The summed E-state index contributed by atoms with van der Waals surface area (Å²) in [7, 11) is 0. The molecule has 0 amide bonds. The second kappa shape index (κ2) is 5.93. The van der Waals surface area contributed by atoms with Crippen LogP contribution < -0.4 is 5.73 Å². The van der Waals surface area contributed by atoms with Crippen LogP contribution in [-0.2, 0) is 12.8 Å². The summed E-state index contributed by atoms with van der Waals surface area (Å²) in [6.07, 6.45) is 6.90. The van der Waals surface area contributed by atoms with E-state index in [2.05, 4.69) is 35.8 Å². The lowest BCUT2D eigenvalue weighted by molar-refractivity contribution is 0.493. The van der Waals surface area contributed by atoms with E-state index in [0.717, 1.165) is 17.8 Å². The first kappa shape index (κ1) is 13.7. The van der Waals surface area contributed by atoms with Crippen LogP contribution >= 0.6 is 0 Å². The van der Waals surface area contributed by atoms with Crippen LogP contribution in [0.4, 0.5) is 0 Å². The predicted molar refractivity (Wildman–Crippen MR) is 74.7 cm³/mol. The third-order valence-electron chi connectivity index (χ3n) is 3.26. The zero-order valence-corrected chi connectivity index (χ0v) is 11.7. The smallest absolute Gasteiger partial charge is 0.138 e. The molecule has 0 radical (unpaired) electrons. The lowest BCUT2D eigenvalue weighted by atomic mass is 9.99. The van der Waals surface area contributed by atoms with E-state index in [1.54, 1.807) is 12.5 Å². The summed E-state index contributed by atoms with van der Waals surface area (Å²) in [5.41, 5.74) is 8.67. The van der Waals surface area contributed by atoms with Gasteiger partial charge in [-0.25, -0.2) is 9.67 Å². The zero-order chi connectivity index (χ0) is 13.8. The summed E-state index contributed by atoms with van der Waals surface area (Å²) < 4.78 is 1.92. The molecule has 0 saturated heterocycles. The molecule has 2 heterocycles. The average Bonchev–Trinajstić information content (AvgIpc) is 2.87. The maximum Gasteiger partial charge on any atom is 0.138 e. The molecule has 0 aliphatic rings. The molecule has 102 valence electrons. The Morgan fingerprint density at radius 3 is 2.84 bits per heavy atom. The van der Waals surface area contributed by atoms with E-state index in [1.165, 1.54) is 5.56 Å². The summed E-state index contributed by atoms with van der Waals surface area (Å²) in [4.78, 5) is 8.47. The summed E-state index contributed by atoms with van der Waals surface area (Å²) in [5.74, 6) is 0.932. The topological polar surface area (TPSA) is 69.6 Å². The summed E-state index contributed by atoms with van der Waals surface area (Å²) >= 11 is 0. The zero-order valence-electron chi connectivity index (χ0n) is 11.7. The number of hydrogen-bond donors (Lipinski definition) is 1. The number of aryl methyl sites for hydroxylation is 1. The largest absolute Gasteiger partial charge is 0.324 e. The normalized spacial score (nSPS) is 12.9. The van der Waals surface area contributed by atoms with Crippen molar-refractivity contribution in [3.05, 3.63) is 41.7 Å². The molecule has 5 heteroatoms. The van der Waals surface area contributed by atoms with Gasteiger partial charge in [-0.15, -0.1) is 0 Å². The highest BCUT2D eigenvalue weighted by Gasteiger charge is 2.15. The molecule has 0 fully saturated rings. The molecule has 2 N–H and O–H groups in total. The van der Waals surface area contributed by atoms with Gasteiger partial charge in [0.15, 0.2) is 0 Å². The van der Waals surface area contributed by atoms with Gasteiger partial charge in [-0.2, -0.15) is 5.10 Å². The lowest BCUT2D eigenvalue weighted by Gasteiger charge is -2.16. The third kappa shape index (κ3) is 2.98. The van der Waals surface area contributed by atoms with Crippen molar-refractivity contribution in [3.8, 4) is 0 Å². The molecule has 0 aliphatic heterocycles. The minimum atomic E-state index is -0.0698. The highest BCUT2D eigenvalue weighted by atomic mass is 15.3. The predicted octanol–water partition coefficient (Wildman–Crippen LogP) is 2.06. The third-order valence-corrected chi connectivity index (χ3v) is 3.26. The second-order valence-corrected chi connectivity index (χ2v) is 4.95. The van der Waals surface area contributed by atoms with Crippen LogP contribution in [0.2, 0.25) is 0 Å². The van der Waals surface area contributed by atoms with Gasteiger partial charge in [0.25, 0.3) is 0 Å². The molecule has 5 nitrogen and oxygen atoms in total. The quantitative estimate of drug-likeness (QED) is 0.892. The number of rotatable bonds is 5. The molecule has 2 aromatic heterocycles. The molecular formula is C14H21N5. The van der Waals surface area contributed by atoms with E-state index in [4.69, 9.17) is 5.73 Å². The van der Waals surface area contributed by atoms with E-state index in [9.17, 15) is 0 Å². The SMILES string of the molecule is CCc1cnccc1C(N)Cc1ncnn1C(C)C. The van der Waals surface area contributed by atoms with Crippen LogP contribution in [0.25, 0.3) is 0 Å². The van der Waals surface area contributed by atoms with Crippen LogP contribution in [0.15, 0.2) is 24.8 Å². The minimum Gasteiger partial charge on any atom is -0.324 e. The number of nitrogens with zero attached hydrogens (tertiary/aromatic N) is 4. The molecule has 2 rings (SSSR count). The first-order valence-corrected chi connectivity index (χ1v) is 6.70. The number of nitrogens with two attached hydrogens (primary N) is 1. The minimum absolute atomic E-state index is 0.0698. The molecule has 1 unspecified atom stereocenters. The Labute approximate surface area is 113 Å². The van der Waals surface area contributed by atoms with Gasteiger partial charge in [-0.05, 0) is 37.5 Å². The monoisotopic (exact) mass is 259 g/mol. The molecule has 0 bridgehead atoms. The molecule has 0 saturated carbocycles. The van der Waals surface area contributed by atoms with E-state index in [0.29, 0.717) is 12.5 Å². The number of pyridine rings is 1. The van der Waals surface area contributed by atoms with Crippen molar-refractivity contribution in [1.29, 1.82) is 0 Å². The van der Waals surface area contributed by atoms with Gasteiger partial charge < -0.3 is 5.73 Å². The van der Waals surface area contributed by atoms with Gasteiger partial charge in [0.05, 0.1) is 0 Å². The van der Waals surface area contributed by atoms with Crippen LogP contribution in [0.3, 0.4) is 0 Å². The highest BCUT2D eigenvalue weighted by Crippen LogP contribution is 2.19. The molecular weight excluding hydrogens is 238 g/mol. The van der Waals surface area contributed by atoms with Crippen molar-refractivity contribution >= 4 is 0 Å². The first-order chi connectivity index (χ1) is 9.13. The van der Waals surface area contributed by atoms with Crippen molar-refractivity contribution in [2.24, 2.45) is 5.73 Å². The molecule has 0 aromatic carbocycles. The Bertz CT molecular complexity index is 532. The van der Waals surface area contributed by atoms with Crippen LogP contribution in [0, 0.1) is 0 Å². The van der Waals surface area contributed by atoms with Crippen molar-refractivity contribution in [3.63, 3.8) is 0 Å². The molecule has 19 heavy (non-hydrogen) atoms. The van der Waals surface area contributed by atoms with E-state index in [1.807, 2.05) is 16.9 Å². The van der Waals surface area contributed by atoms with E-state index in [-0.39, 0.29) is 6.04 Å². The lowest BCUT2D eigenvalue weighted by Crippen LogP contribution is -2.19. The molecule has 0 aliphatic carbocycles. The van der Waals surface area contributed by atoms with Gasteiger partial charge >= 0.3 is 0 Å². The fraction of sp³-hybridized carbons (Fsp3) is 0.500. The van der Waals surface area contributed by atoms with Crippen LogP contribution in [0.5, 0.6) is 0 Å². The van der Waals surface area contributed by atoms with Gasteiger partial charge in [-0.1, -0.05) is 6.92 Å². The van der Waals surface area contributed by atoms with Gasteiger partial charge in [0, 0.05) is 30.9 Å². The van der Waals surface area contributed by atoms with Crippen molar-refractivity contribution in [2.75, 3.05) is 0 Å². The Morgan fingerprint density at radius 2 is 2.16 bits per heavy atom. The standard InChI is InChI=1S/C14H21N5/c1-4-11-8-16-6-5-12(11)13(15)7-14-17-9-18-19(14)10(2)3/h5-6,8-10,13H,4,7,15H2,1-3H3. The maximum absolute atomic E-state index is 6.32. The number of aromatic nitrogens is 4. The van der Waals surface area contributed by atoms with Gasteiger partial charge in [0.1, 0.15) is 12.2 Å². The van der Waals surface area contributed by atoms with E-state index >= 15 is 0 Å². The van der Waals surface area contributed by atoms with Crippen LogP contribution in [-0.4, -0.2) is 19.7 Å². The van der Waals surface area contributed by atoms with Crippen molar-refractivity contribution < 1.29 is 0 Å². The Morgan fingerprint density at radius 1 is 1.37 bits per heavy atom. The van der Waals surface area contributed by atoms with Crippen LogP contribution in [0.1, 0.15) is 49.8 Å². The first-order valence-electron chi connectivity index (χ1n) is 6.70. The van der Waals surface area contributed by atoms with Gasteiger partial charge in [0.2, 0.25) is 0 Å². The van der Waals surface area contributed by atoms with Gasteiger partial charge in [-0.3, -0.25) is 4.98 Å². The summed E-state index contributed by atoms with van der Waals surface area (Å²) in [6.45, 7) is 6.30. The Hall–Kier alpha value is -1.75. The number of hydrogen-bond acceptors (Lipinski definition) is 4. The molecule has 2 aromatic rings. The Balaban J connectivity index is 2.21. The molecule has 0 spiro atoms. The average molecular weight is 259 g/mol. The second-order valence-electron chi connectivity index (χ2n) is 4.95. The highest BCUT2D eigenvalue weighted by molar-refractivity contribution is 5.27. The Kier molecular flexibility index (Phi) is 4.27. The van der Waals surface area contributed by atoms with E-state index < -0.39 is 0 Å². The summed E-state index contributed by atoms with van der Waals surface area (Å²) in [6, 6.07) is 2.23. The van der Waals surface area contributed by atoms with Crippen molar-refractivity contribution in [1.82, 2.24) is 19.7 Å². The maximum atomic E-state index is 6.32. The fourth-order valence-corrected chi connectivity index (χ4v) is 2.25.